The van der Waals surface area contributed by atoms with Gasteiger partial charge in [0.1, 0.15) is 16.8 Å². The maximum atomic E-state index is 13.8. The number of amides is 1. The van der Waals surface area contributed by atoms with E-state index in [4.69, 9.17) is 0 Å². The zero-order valence-corrected chi connectivity index (χ0v) is 16.0. The standard InChI is InChI=1S/C20H20FN3O3S/c21-16-9-3-1-7-14(16)13-22-20(25)17-10-5-6-12-24(17)19-15-8-2-4-11-18(15)28(26,27)23-19/h1-4,7-9,11,17H,5-6,10,12-13H2,(H,22,25)/t17-/m0/s1. The summed E-state index contributed by atoms with van der Waals surface area (Å²) in [5.41, 5.74) is 0.931. The first-order chi connectivity index (χ1) is 13.5. The summed E-state index contributed by atoms with van der Waals surface area (Å²) in [7, 11) is -3.75. The molecule has 28 heavy (non-hydrogen) atoms. The van der Waals surface area contributed by atoms with Crippen LogP contribution in [0.2, 0.25) is 0 Å². The van der Waals surface area contributed by atoms with Crippen LogP contribution in [0, 0.1) is 5.82 Å². The smallest absolute Gasteiger partial charge is 0.285 e. The fraction of sp³-hybridized carbons (Fsp3) is 0.300. The minimum Gasteiger partial charge on any atom is -0.350 e. The van der Waals surface area contributed by atoms with Gasteiger partial charge in [0.05, 0.1) is 0 Å². The molecule has 0 unspecified atom stereocenters. The van der Waals surface area contributed by atoms with Crippen molar-refractivity contribution in [2.45, 2.75) is 36.7 Å². The van der Waals surface area contributed by atoms with Gasteiger partial charge < -0.3 is 10.2 Å². The van der Waals surface area contributed by atoms with Gasteiger partial charge in [-0.25, -0.2) is 4.39 Å². The van der Waals surface area contributed by atoms with Crippen LogP contribution < -0.4 is 5.32 Å². The summed E-state index contributed by atoms with van der Waals surface area (Å²) in [6.45, 7) is 0.623. The van der Waals surface area contributed by atoms with Crippen LogP contribution in [0.4, 0.5) is 4.39 Å². The molecule has 1 saturated heterocycles. The van der Waals surface area contributed by atoms with E-state index < -0.39 is 16.1 Å². The van der Waals surface area contributed by atoms with E-state index in [0.717, 1.165) is 12.8 Å². The molecule has 2 aliphatic heterocycles. The molecule has 4 rings (SSSR count). The largest absolute Gasteiger partial charge is 0.350 e. The number of carbonyl (C=O) groups is 1. The predicted octanol–water partition coefficient (Wildman–Crippen LogP) is 2.45. The van der Waals surface area contributed by atoms with E-state index in [0.29, 0.717) is 29.9 Å². The number of rotatable bonds is 3. The summed E-state index contributed by atoms with van der Waals surface area (Å²) in [5, 5.41) is 2.78. The van der Waals surface area contributed by atoms with Crippen molar-refractivity contribution in [2.24, 2.45) is 4.40 Å². The maximum Gasteiger partial charge on any atom is 0.285 e. The molecule has 1 amide bonds. The Balaban J connectivity index is 1.57. The van der Waals surface area contributed by atoms with Crippen molar-refractivity contribution in [3.63, 3.8) is 0 Å². The number of hydrogen-bond donors (Lipinski definition) is 1. The van der Waals surface area contributed by atoms with Crippen LogP contribution in [-0.4, -0.2) is 37.6 Å². The van der Waals surface area contributed by atoms with Crippen LogP contribution in [0.25, 0.3) is 0 Å². The summed E-state index contributed by atoms with van der Waals surface area (Å²) in [5.74, 6) is -0.308. The Hall–Kier alpha value is -2.74. The van der Waals surface area contributed by atoms with Gasteiger partial charge >= 0.3 is 0 Å². The zero-order chi connectivity index (χ0) is 19.7. The molecule has 8 heteroatoms. The molecule has 6 nitrogen and oxygen atoms in total. The maximum absolute atomic E-state index is 13.8. The van der Waals surface area contributed by atoms with Gasteiger partial charge in [0.2, 0.25) is 5.91 Å². The number of likely N-dealkylation sites (tertiary alicyclic amines) is 1. The number of nitrogens with one attached hydrogen (secondary N) is 1. The molecule has 146 valence electrons. The molecule has 0 aliphatic carbocycles. The van der Waals surface area contributed by atoms with Crippen molar-refractivity contribution < 1.29 is 17.6 Å². The zero-order valence-electron chi connectivity index (χ0n) is 15.1. The van der Waals surface area contributed by atoms with E-state index in [1.54, 1.807) is 41.3 Å². The lowest BCUT2D eigenvalue weighted by molar-refractivity contribution is -0.126. The van der Waals surface area contributed by atoms with E-state index in [-0.39, 0.29) is 23.2 Å². The molecule has 0 bridgehead atoms. The molecule has 2 aliphatic rings. The Morgan fingerprint density at radius 1 is 1.14 bits per heavy atom. The Bertz CT molecular complexity index is 1050. The van der Waals surface area contributed by atoms with E-state index >= 15 is 0 Å². The van der Waals surface area contributed by atoms with E-state index in [1.807, 2.05) is 0 Å². The van der Waals surface area contributed by atoms with Gasteiger partial charge in [-0.1, -0.05) is 30.3 Å². The van der Waals surface area contributed by atoms with E-state index in [9.17, 15) is 17.6 Å². The van der Waals surface area contributed by atoms with Crippen molar-refractivity contribution in [1.82, 2.24) is 10.2 Å². The third-order valence-electron chi connectivity index (χ3n) is 5.10. The van der Waals surface area contributed by atoms with Gasteiger partial charge in [-0.15, -0.1) is 4.40 Å². The van der Waals surface area contributed by atoms with E-state index in [2.05, 4.69) is 9.71 Å². The second-order valence-electron chi connectivity index (χ2n) is 6.90. The molecular weight excluding hydrogens is 381 g/mol. The van der Waals surface area contributed by atoms with Crippen molar-refractivity contribution >= 4 is 21.8 Å². The lowest BCUT2D eigenvalue weighted by Gasteiger charge is -2.36. The Morgan fingerprint density at radius 2 is 1.89 bits per heavy atom. The molecule has 1 atom stereocenters. The third-order valence-corrected chi connectivity index (χ3v) is 6.43. The molecule has 2 heterocycles. The first-order valence-corrected chi connectivity index (χ1v) is 10.6. The van der Waals surface area contributed by atoms with Gasteiger partial charge in [0.15, 0.2) is 5.84 Å². The number of nitrogens with zero attached hydrogens (tertiary/aromatic N) is 2. The number of carbonyl (C=O) groups excluding carboxylic acids is 1. The van der Waals surface area contributed by atoms with E-state index in [1.165, 1.54) is 12.1 Å². The number of fused-ring (bicyclic) bond motifs is 1. The van der Waals surface area contributed by atoms with Gasteiger partial charge in [0.25, 0.3) is 10.0 Å². The predicted molar refractivity (Wildman–Crippen MR) is 103 cm³/mol. The van der Waals surface area contributed by atoms with Crippen molar-refractivity contribution in [2.75, 3.05) is 6.54 Å². The first kappa shape index (κ1) is 18.6. The number of halogens is 1. The minimum atomic E-state index is -3.75. The topological polar surface area (TPSA) is 78.8 Å². The Morgan fingerprint density at radius 3 is 2.71 bits per heavy atom. The normalized spacial score (nSPS) is 20.4. The molecule has 0 saturated carbocycles. The number of piperidine rings is 1. The van der Waals surface area contributed by atoms with Gasteiger partial charge in [0, 0.05) is 24.2 Å². The second-order valence-corrected chi connectivity index (χ2v) is 8.47. The number of sulfonamides is 1. The summed E-state index contributed by atoms with van der Waals surface area (Å²) in [6, 6.07) is 12.4. The molecule has 1 fully saturated rings. The Kier molecular flexibility index (Phi) is 4.89. The lowest BCUT2D eigenvalue weighted by atomic mass is 9.99. The molecular formula is C20H20FN3O3S. The summed E-state index contributed by atoms with van der Waals surface area (Å²) < 4.78 is 42.5. The summed E-state index contributed by atoms with van der Waals surface area (Å²) >= 11 is 0. The van der Waals surface area contributed by atoms with Crippen LogP contribution in [0.1, 0.15) is 30.4 Å². The summed E-state index contributed by atoms with van der Waals surface area (Å²) in [6.07, 6.45) is 2.29. The Labute approximate surface area is 163 Å². The third kappa shape index (κ3) is 3.40. The molecule has 0 aromatic heterocycles. The fourth-order valence-electron chi connectivity index (χ4n) is 3.70. The average molecular weight is 401 g/mol. The van der Waals surface area contributed by atoms with Crippen molar-refractivity contribution in [3.05, 3.63) is 65.5 Å². The average Bonchev–Trinajstić information content (AvgIpc) is 2.98. The van der Waals surface area contributed by atoms with Crippen LogP contribution in [0.5, 0.6) is 0 Å². The highest BCUT2D eigenvalue weighted by Gasteiger charge is 2.37. The summed E-state index contributed by atoms with van der Waals surface area (Å²) in [4.78, 5) is 14.8. The molecule has 0 radical (unpaired) electrons. The second kappa shape index (κ2) is 7.35. The SMILES string of the molecule is O=C(NCc1ccccc1F)[C@@H]1CCCCN1C1=NS(=O)(=O)c2ccccc21. The molecule has 2 aromatic rings. The lowest BCUT2D eigenvalue weighted by Crippen LogP contribution is -2.51. The monoisotopic (exact) mass is 401 g/mol. The highest BCUT2D eigenvalue weighted by molar-refractivity contribution is 7.90. The van der Waals surface area contributed by atoms with Gasteiger partial charge in [-0.3, -0.25) is 4.79 Å². The highest BCUT2D eigenvalue weighted by Crippen LogP contribution is 2.30. The molecule has 1 N–H and O–H groups in total. The molecule has 2 aromatic carbocycles. The first-order valence-electron chi connectivity index (χ1n) is 9.19. The van der Waals surface area contributed by atoms with Crippen molar-refractivity contribution in [1.29, 1.82) is 0 Å². The number of amidine groups is 1. The van der Waals surface area contributed by atoms with Gasteiger partial charge in [-0.05, 0) is 37.5 Å². The number of benzene rings is 2. The van der Waals surface area contributed by atoms with Crippen LogP contribution >= 0.6 is 0 Å². The van der Waals surface area contributed by atoms with Gasteiger partial charge in [-0.2, -0.15) is 8.42 Å². The number of hydrogen-bond acceptors (Lipinski definition) is 4. The van der Waals surface area contributed by atoms with Crippen LogP contribution in [0.15, 0.2) is 57.8 Å². The van der Waals surface area contributed by atoms with Crippen molar-refractivity contribution in [3.8, 4) is 0 Å². The fourth-order valence-corrected chi connectivity index (χ4v) is 4.91. The quantitative estimate of drug-likeness (QED) is 0.857. The molecule has 0 spiro atoms. The minimum absolute atomic E-state index is 0.0806. The van der Waals surface area contributed by atoms with Crippen LogP contribution in [-0.2, 0) is 21.4 Å². The van der Waals surface area contributed by atoms with Crippen LogP contribution in [0.3, 0.4) is 0 Å². The highest BCUT2D eigenvalue weighted by atomic mass is 32.2.